The highest BCUT2D eigenvalue weighted by Gasteiger charge is 2.07. The summed E-state index contributed by atoms with van der Waals surface area (Å²) in [6.45, 7) is 1.93. The van der Waals surface area contributed by atoms with Gasteiger partial charge in [-0.25, -0.2) is 4.79 Å². The highest BCUT2D eigenvalue weighted by atomic mass is 32.1. The molecular weight excluding hydrogens is 208 g/mol. The van der Waals surface area contributed by atoms with Crippen LogP contribution in [0.3, 0.4) is 0 Å². The molecule has 2 nitrogen and oxygen atoms in total. The fourth-order valence-electron chi connectivity index (χ4n) is 1.50. The predicted octanol–water partition coefficient (Wildman–Crippen LogP) is 3.42. The number of rotatable bonds is 2. The van der Waals surface area contributed by atoms with E-state index in [-0.39, 0.29) is 0 Å². The summed E-state index contributed by atoms with van der Waals surface area (Å²) in [4.78, 5) is 11.9. The Balaban J connectivity index is 2.48. The molecule has 3 heteroatoms. The van der Waals surface area contributed by atoms with E-state index in [4.69, 9.17) is 5.11 Å². The number of benzene rings is 1. The topological polar surface area (TPSA) is 37.3 Å². The van der Waals surface area contributed by atoms with Gasteiger partial charge in [0.05, 0.1) is 5.56 Å². The summed E-state index contributed by atoms with van der Waals surface area (Å²) in [5, 5.41) is 10.8. The van der Waals surface area contributed by atoms with Crippen molar-refractivity contribution in [2.45, 2.75) is 6.92 Å². The monoisotopic (exact) mass is 218 g/mol. The second-order valence-electron chi connectivity index (χ2n) is 3.31. The Kier molecular flexibility index (Phi) is 2.56. The largest absolute Gasteiger partial charge is 0.478 e. The van der Waals surface area contributed by atoms with Crippen molar-refractivity contribution < 1.29 is 9.90 Å². The van der Waals surface area contributed by atoms with E-state index in [1.807, 2.05) is 30.5 Å². The third-order valence-corrected chi connectivity index (χ3v) is 3.16. The van der Waals surface area contributed by atoms with Crippen molar-refractivity contribution in [1.29, 1.82) is 0 Å². The Labute approximate surface area is 91.8 Å². The molecule has 2 rings (SSSR count). The lowest BCUT2D eigenvalue weighted by atomic mass is 10.0. The standard InChI is InChI=1S/C12H10O2S/c1-8-7-9(12(13)14)4-5-10(8)11-3-2-6-15-11/h2-7H,1H3,(H,13,14). The molecule has 1 aromatic heterocycles. The minimum atomic E-state index is -0.879. The first-order chi connectivity index (χ1) is 7.18. The Morgan fingerprint density at radius 1 is 1.33 bits per heavy atom. The first-order valence-electron chi connectivity index (χ1n) is 4.56. The summed E-state index contributed by atoms with van der Waals surface area (Å²) in [7, 11) is 0. The second-order valence-corrected chi connectivity index (χ2v) is 4.26. The van der Waals surface area contributed by atoms with Crippen molar-refractivity contribution in [2.24, 2.45) is 0 Å². The highest BCUT2D eigenvalue weighted by molar-refractivity contribution is 7.13. The Hall–Kier alpha value is -1.61. The van der Waals surface area contributed by atoms with Gasteiger partial charge in [0.2, 0.25) is 0 Å². The Bertz CT molecular complexity index is 486. The molecule has 15 heavy (non-hydrogen) atoms. The normalized spacial score (nSPS) is 10.2. The van der Waals surface area contributed by atoms with Crippen LogP contribution in [0.1, 0.15) is 15.9 Å². The van der Waals surface area contributed by atoms with Crippen LogP contribution in [0.5, 0.6) is 0 Å². The summed E-state index contributed by atoms with van der Waals surface area (Å²) < 4.78 is 0. The SMILES string of the molecule is Cc1cc(C(=O)O)ccc1-c1cccs1. The lowest BCUT2D eigenvalue weighted by molar-refractivity contribution is 0.0697. The molecule has 1 aromatic carbocycles. The van der Waals surface area contributed by atoms with E-state index in [1.54, 1.807) is 23.5 Å². The van der Waals surface area contributed by atoms with Crippen molar-refractivity contribution in [2.75, 3.05) is 0 Å². The molecule has 1 heterocycles. The van der Waals surface area contributed by atoms with Gasteiger partial charge in [0.25, 0.3) is 0 Å². The van der Waals surface area contributed by atoms with Gasteiger partial charge < -0.3 is 5.11 Å². The van der Waals surface area contributed by atoms with Gasteiger partial charge >= 0.3 is 5.97 Å². The van der Waals surface area contributed by atoms with Gasteiger partial charge in [-0.05, 0) is 41.6 Å². The van der Waals surface area contributed by atoms with E-state index in [1.165, 1.54) is 4.88 Å². The summed E-state index contributed by atoms with van der Waals surface area (Å²) in [6, 6.07) is 9.24. The third kappa shape index (κ3) is 1.92. The molecule has 76 valence electrons. The number of carbonyl (C=O) groups is 1. The van der Waals surface area contributed by atoms with Crippen molar-refractivity contribution in [3.05, 3.63) is 46.8 Å². The van der Waals surface area contributed by atoms with Crippen LogP contribution < -0.4 is 0 Å². The summed E-state index contributed by atoms with van der Waals surface area (Å²) >= 11 is 1.66. The van der Waals surface area contributed by atoms with E-state index < -0.39 is 5.97 Å². The van der Waals surface area contributed by atoms with Crippen molar-refractivity contribution in [3.8, 4) is 10.4 Å². The fourth-order valence-corrected chi connectivity index (χ4v) is 2.32. The Morgan fingerprint density at radius 3 is 2.67 bits per heavy atom. The van der Waals surface area contributed by atoms with Crippen LogP contribution in [0.25, 0.3) is 10.4 Å². The molecule has 0 saturated heterocycles. The van der Waals surface area contributed by atoms with Crippen LogP contribution in [0.2, 0.25) is 0 Å². The molecule has 0 fully saturated rings. The summed E-state index contributed by atoms with van der Waals surface area (Å²) in [6.07, 6.45) is 0. The molecule has 0 aliphatic rings. The molecule has 0 saturated carbocycles. The molecule has 0 spiro atoms. The second kappa shape index (κ2) is 3.87. The number of aryl methyl sites for hydroxylation is 1. The van der Waals surface area contributed by atoms with E-state index in [2.05, 4.69) is 0 Å². The summed E-state index contributed by atoms with van der Waals surface area (Å²) in [5.74, 6) is -0.879. The number of hydrogen-bond acceptors (Lipinski definition) is 2. The van der Waals surface area contributed by atoms with Crippen LogP contribution in [-0.2, 0) is 0 Å². The van der Waals surface area contributed by atoms with Gasteiger partial charge in [-0.2, -0.15) is 0 Å². The maximum atomic E-state index is 10.8. The fraction of sp³-hybridized carbons (Fsp3) is 0.0833. The zero-order chi connectivity index (χ0) is 10.8. The maximum absolute atomic E-state index is 10.8. The molecule has 0 aliphatic carbocycles. The molecule has 0 bridgehead atoms. The smallest absolute Gasteiger partial charge is 0.335 e. The zero-order valence-electron chi connectivity index (χ0n) is 8.23. The number of thiophene rings is 1. The molecule has 2 aromatic rings. The van der Waals surface area contributed by atoms with Crippen molar-refractivity contribution in [3.63, 3.8) is 0 Å². The number of aromatic carboxylic acids is 1. The van der Waals surface area contributed by atoms with Gasteiger partial charge in [-0.3, -0.25) is 0 Å². The van der Waals surface area contributed by atoms with Crippen LogP contribution in [0.4, 0.5) is 0 Å². The minimum absolute atomic E-state index is 0.341. The number of carboxylic acids is 1. The summed E-state index contributed by atoms with van der Waals surface area (Å²) in [5.41, 5.74) is 2.44. The molecule has 0 aliphatic heterocycles. The molecule has 0 radical (unpaired) electrons. The number of hydrogen-bond donors (Lipinski definition) is 1. The molecular formula is C12H10O2S. The molecule has 0 unspecified atom stereocenters. The van der Waals surface area contributed by atoms with Crippen LogP contribution >= 0.6 is 11.3 Å². The van der Waals surface area contributed by atoms with Gasteiger partial charge in [0.1, 0.15) is 0 Å². The van der Waals surface area contributed by atoms with Gasteiger partial charge in [-0.1, -0.05) is 12.1 Å². The van der Waals surface area contributed by atoms with Gasteiger partial charge in [-0.15, -0.1) is 11.3 Å². The quantitative estimate of drug-likeness (QED) is 0.838. The first kappa shape index (κ1) is 9.93. The third-order valence-electron chi connectivity index (χ3n) is 2.26. The number of carboxylic acid groups (broad SMARTS) is 1. The lowest BCUT2D eigenvalue weighted by Gasteiger charge is -2.04. The molecule has 0 atom stereocenters. The van der Waals surface area contributed by atoms with Crippen LogP contribution in [0.15, 0.2) is 35.7 Å². The van der Waals surface area contributed by atoms with Crippen LogP contribution in [0, 0.1) is 6.92 Å². The predicted molar refractivity (Wildman–Crippen MR) is 61.5 cm³/mol. The zero-order valence-corrected chi connectivity index (χ0v) is 9.04. The van der Waals surface area contributed by atoms with Crippen LogP contribution in [-0.4, -0.2) is 11.1 Å². The van der Waals surface area contributed by atoms with Gasteiger partial charge in [0.15, 0.2) is 0 Å². The average Bonchev–Trinajstić information content (AvgIpc) is 2.70. The van der Waals surface area contributed by atoms with E-state index in [0.717, 1.165) is 11.1 Å². The average molecular weight is 218 g/mol. The molecule has 0 amide bonds. The minimum Gasteiger partial charge on any atom is -0.478 e. The highest BCUT2D eigenvalue weighted by Crippen LogP contribution is 2.28. The maximum Gasteiger partial charge on any atom is 0.335 e. The van der Waals surface area contributed by atoms with E-state index in [9.17, 15) is 4.79 Å². The van der Waals surface area contributed by atoms with Gasteiger partial charge in [0, 0.05) is 4.88 Å². The van der Waals surface area contributed by atoms with Crippen molar-refractivity contribution >= 4 is 17.3 Å². The first-order valence-corrected chi connectivity index (χ1v) is 5.44. The molecule has 1 N–H and O–H groups in total. The Morgan fingerprint density at radius 2 is 2.13 bits per heavy atom. The lowest BCUT2D eigenvalue weighted by Crippen LogP contribution is -1.96. The van der Waals surface area contributed by atoms with Crippen molar-refractivity contribution in [1.82, 2.24) is 0 Å². The van der Waals surface area contributed by atoms with E-state index in [0.29, 0.717) is 5.56 Å². The van der Waals surface area contributed by atoms with E-state index >= 15 is 0 Å².